The van der Waals surface area contributed by atoms with Crippen molar-refractivity contribution in [1.29, 1.82) is 0 Å². The molecule has 1 aromatic heterocycles. The Morgan fingerprint density at radius 3 is 2.94 bits per heavy atom. The summed E-state index contributed by atoms with van der Waals surface area (Å²) in [4.78, 5) is 11.6. The quantitative estimate of drug-likeness (QED) is 0.825. The van der Waals surface area contributed by atoms with Crippen LogP contribution in [-0.4, -0.2) is 33.7 Å². The molecule has 2 rings (SSSR count). The molecule has 0 amide bonds. The van der Waals surface area contributed by atoms with Crippen LogP contribution in [0.3, 0.4) is 0 Å². The van der Waals surface area contributed by atoms with Gasteiger partial charge in [-0.3, -0.25) is 0 Å². The van der Waals surface area contributed by atoms with Gasteiger partial charge in [-0.2, -0.15) is 0 Å². The lowest BCUT2D eigenvalue weighted by Crippen LogP contribution is -2.17. The third kappa shape index (κ3) is 3.29. The highest BCUT2D eigenvalue weighted by atomic mass is 32.2. The Kier molecular flexibility index (Phi) is 4.00. The maximum Gasteiger partial charge on any atom is 0.339 e. The van der Waals surface area contributed by atoms with Crippen LogP contribution in [0.25, 0.3) is 0 Å². The minimum absolute atomic E-state index is 0.0495. The van der Waals surface area contributed by atoms with E-state index < -0.39 is 16.0 Å². The minimum atomic E-state index is -3.76. The molecule has 6 nitrogen and oxygen atoms in total. The lowest BCUT2D eigenvalue weighted by atomic mass is 10.2. The fourth-order valence-corrected chi connectivity index (χ4v) is 3.18. The zero-order chi connectivity index (χ0) is 13.2. The van der Waals surface area contributed by atoms with Crippen LogP contribution in [0.1, 0.15) is 23.2 Å². The van der Waals surface area contributed by atoms with Gasteiger partial charge in [0.2, 0.25) is 10.0 Å². The van der Waals surface area contributed by atoms with Crippen LogP contribution in [0, 0.1) is 0 Å². The van der Waals surface area contributed by atoms with Gasteiger partial charge in [0.1, 0.15) is 10.8 Å². The van der Waals surface area contributed by atoms with Crippen LogP contribution >= 0.6 is 11.3 Å². The topological polar surface area (TPSA) is 95.7 Å². The third-order valence-corrected chi connectivity index (χ3v) is 4.90. The Morgan fingerprint density at radius 1 is 1.61 bits per heavy atom. The molecule has 100 valence electrons. The highest BCUT2D eigenvalue weighted by molar-refractivity contribution is 7.91. The summed E-state index contributed by atoms with van der Waals surface area (Å²) in [6, 6.07) is 1.22. The molecule has 0 bridgehead atoms. The first-order chi connectivity index (χ1) is 8.47. The molecule has 1 aliphatic heterocycles. The second-order valence-electron chi connectivity index (χ2n) is 3.93. The van der Waals surface area contributed by atoms with E-state index in [4.69, 9.17) is 14.6 Å². The van der Waals surface area contributed by atoms with Gasteiger partial charge in [0, 0.05) is 12.0 Å². The molecule has 1 aromatic rings. The molecule has 0 radical (unpaired) electrons. The molecular weight excluding hydrogens is 278 g/mol. The van der Waals surface area contributed by atoms with Gasteiger partial charge in [-0.05, 0) is 18.9 Å². The van der Waals surface area contributed by atoms with E-state index in [1.54, 1.807) is 0 Å². The normalized spacial score (nSPS) is 19.9. The van der Waals surface area contributed by atoms with Gasteiger partial charge >= 0.3 is 5.97 Å². The summed E-state index contributed by atoms with van der Waals surface area (Å²) in [6.45, 7) is 0.885. The van der Waals surface area contributed by atoms with Crippen molar-refractivity contribution in [2.45, 2.75) is 23.2 Å². The van der Waals surface area contributed by atoms with Crippen LogP contribution in [-0.2, 0) is 19.5 Å². The maximum absolute atomic E-state index is 11.6. The minimum Gasteiger partial charge on any atom is -0.459 e. The second kappa shape index (κ2) is 5.35. The van der Waals surface area contributed by atoms with Crippen molar-refractivity contribution in [3.8, 4) is 0 Å². The molecule has 0 aliphatic carbocycles. The number of esters is 1. The van der Waals surface area contributed by atoms with E-state index in [2.05, 4.69) is 0 Å². The molecule has 2 N–H and O–H groups in total. The van der Waals surface area contributed by atoms with Crippen LogP contribution in [0.5, 0.6) is 0 Å². The maximum atomic E-state index is 11.6. The molecule has 8 heteroatoms. The van der Waals surface area contributed by atoms with Crippen molar-refractivity contribution in [3.63, 3.8) is 0 Å². The van der Waals surface area contributed by atoms with Gasteiger partial charge < -0.3 is 9.47 Å². The van der Waals surface area contributed by atoms with E-state index >= 15 is 0 Å². The zero-order valence-electron chi connectivity index (χ0n) is 9.50. The highest BCUT2D eigenvalue weighted by Gasteiger charge is 2.20. The largest absolute Gasteiger partial charge is 0.459 e. The summed E-state index contributed by atoms with van der Waals surface area (Å²) in [5.41, 5.74) is 0.196. The van der Waals surface area contributed by atoms with Crippen molar-refractivity contribution in [1.82, 2.24) is 0 Å². The van der Waals surface area contributed by atoms with Gasteiger partial charge in [0.25, 0.3) is 0 Å². The Labute approximate surface area is 109 Å². The molecule has 1 aliphatic rings. The van der Waals surface area contributed by atoms with Gasteiger partial charge in [0.15, 0.2) is 0 Å². The summed E-state index contributed by atoms with van der Waals surface area (Å²) in [5.74, 6) is -0.559. The molecule has 1 atom stereocenters. The van der Waals surface area contributed by atoms with E-state index in [0.717, 1.165) is 24.2 Å². The lowest BCUT2D eigenvalue weighted by Gasteiger charge is -2.09. The molecule has 0 spiro atoms. The SMILES string of the molecule is NS(=O)(=O)c1cc(C(=O)OCC2CCCO2)cs1. The number of carbonyl (C=O) groups is 1. The number of nitrogens with two attached hydrogens (primary N) is 1. The molecular formula is C10H13NO5S2. The second-order valence-corrected chi connectivity index (χ2v) is 6.63. The molecule has 18 heavy (non-hydrogen) atoms. The van der Waals surface area contributed by atoms with Crippen molar-refractivity contribution >= 4 is 27.3 Å². The molecule has 1 saturated heterocycles. The fourth-order valence-electron chi connectivity index (χ4n) is 1.60. The monoisotopic (exact) mass is 291 g/mol. The van der Waals surface area contributed by atoms with Gasteiger partial charge in [-0.25, -0.2) is 18.4 Å². The average Bonchev–Trinajstić information content (AvgIpc) is 2.96. The third-order valence-electron chi connectivity index (χ3n) is 2.52. The predicted molar refractivity (Wildman–Crippen MR) is 64.9 cm³/mol. The summed E-state index contributed by atoms with van der Waals surface area (Å²) < 4.78 is 32.4. The first-order valence-electron chi connectivity index (χ1n) is 5.37. The molecule has 2 heterocycles. The summed E-state index contributed by atoms with van der Waals surface area (Å²) in [7, 11) is -3.76. The van der Waals surface area contributed by atoms with E-state index in [-0.39, 0.29) is 22.5 Å². The number of carbonyl (C=O) groups excluding carboxylic acids is 1. The Balaban J connectivity index is 1.94. The zero-order valence-corrected chi connectivity index (χ0v) is 11.1. The Hall–Kier alpha value is -0.960. The molecule has 1 fully saturated rings. The summed E-state index contributed by atoms with van der Waals surface area (Å²) in [5, 5.41) is 6.37. The van der Waals surface area contributed by atoms with Gasteiger partial charge in [-0.1, -0.05) is 0 Å². The first-order valence-corrected chi connectivity index (χ1v) is 7.79. The number of hydrogen-bond donors (Lipinski definition) is 1. The molecule has 1 unspecified atom stereocenters. The van der Waals surface area contributed by atoms with E-state index in [1.807, 2.05) is 0 Å². The predicted octanol–water partition coefficient (Wildman–Crippen LogP) is 0.731. The number of sulfonamides is 1. The average molecular weight is 291 g/mol. The van der Waals surface area contributed by atoms with Crippen molar-refractivity contribution < 1.29 is 22.7 Å². The van der Waals surface area contributed by atoms with E-state index in [9.17, 15) is 13.2 Å². The van der Waals surface area contributed by atoms with Crippen molar-refractivity contribution in [3.05, 3.63) is 17.0 Å². The number of rotatable bonds is 4. The highest BCUT2D eigenvalue weighted by Crippen LogP contribution is 2.20. The van der Waals surface area contributed by atoms with E-state index in [1.165, 1.54) is 11.4 Å². The van der Waals surface area contributed by atoms with Gasteiger partial charge in [-0.15, -0.1) is 11.3 Å². The van der Waals surface area contributed by atoms with Crippen molar-refractivity contribution in [2.24, 2.45) is 5.14 Å². The Bertz CT molecular complexity index is 530. The number of primary sulfonamides is 1. The summed E-state index contributed by atoms with van der Waals surface area (Å²) >= 11 is 0.898. The molecule has 0 saturated carbocycles. The van der Waals surface area contributed by atoms with Crippen molar-refractivity contribution in [2.75, 3.05) is 13.2 Å². The summed E-state index contributed by atoms with van der Waals surface area (Å²) in [6.07, 6.45) is 1.79. The van der Waals surface area contributed by atoms with Crippen LogP contribution in [0.4, 0.5) is 0 Å². The Morgan fingerprint density at radius 2 is 2.39 bits per heavy atom. The molecule has 0 aromatic carbocycles. The first kappa shape index (κ1) is 13.5. The number of thiophene rings is 1. The van der Waals surface area contributed by atoms with Gasteiger partial charge in [0.05, 0.1) is 11.7 Å². The van der Waals surface area contributed by atoms with E-state index in [0.29, 0.717) is 6.61 Å². The van der Waals surface area contributed by atoms with Crippen LogP contribution < -0.4 is 5.14 Å². The van der Waals surface area contributed by atoms with Crippen LogP contribution in [0.15, 0.2) is 15.7 Å². The smallest absolute Gasteiger partial charge is 0.339 e. The number of hydrogen-bond acceptors (Lipinski definition) is 6. The standard InChI is InChI=1S/C10H13NO5S2/c11-18(13,14)9-4-7(6-17-9)10(12)16-5-8-2-1-3-15-8/h4,6,8H,1-3,5H2,(H2,11,13,14). The number of ether oxygens (including phenoxy) is 2. The fraction of sp³-hybridized carbons (Fsp3) is 0.500. The van der Waals surface area contributed by atoms with Crippen LogP contribution in [0.2, 0.25) is 0 Å². The lowest BCUT2D eigenvalue weighted by molar-refractivity contribution is 0.0161.